The number of para-hydroxylation sites is 1. The number of anilines is 2. The lowest BCUT2D eigenvalue weighted by Crippen LogP contribution is -2.11. The van der Waals surface area contributed by atoms with Crippen LogP contribution in [-0.2, 0) is 0 Å². The molecule has 5 aromatic rings. The number of nitrogen functional groups attached to an aromatic ring is 1. The average Bonchev–Trinajstić information content (AvgIpc) is 3.28. The molecule has 28 heavy (non-hydrogen) atoms. The smallest absolute Gasteiger partial charge is 0.269 e. The lowest BCUT2D eigenvalue weighted by molar-refractivity contribution is 0.103. The maximum absolute atomic E-state index is 12.8. The summed E-state index contributed by atoms with van der Waals surface area (Å²) >= 11 is 2.70. The number of rotatable bonds is 3. The number of thiophene rings is 1. The number of nitrogens with zero attached hydrogens (tertiary/aromatic N) is 3. The largest absolute Gasteiger partial charge is 0.397 e. The molecule has 1 amide bonds. The van der Waals surface area contributed by atoms with Gasteiger partial charge in [-0.05, 0) is 36.4 Å². The van der Waals surface area contributed by atoms with Gasteiger partial charge in [0.1, 0.15) is 9.71 Å². The number of carbonyl (C=O) groups excluding carboxylic acids is 1. The van der Waals surface area contributed by atoms with E-state index < -0.39 is 0 Å². The van der Waals surface area contributed by atoms with Crippen LogP contribution in [0.5, 0.6) is 0 Å². The summed E-state index contributed by atoms with van der Waals surface area (Å²) in [6, 6.07) is 17.2. The number of hydrogen-bond acceptors (Lipinski definition) is 7. The molecule has 5 rings (SSSR count). The van der Waals surface area contributed by atoms with E-state index in [1.807, 2.05) is 54.6 Å². The predicted molar refractivity (Wildman–Crippen MR) is 115 cm³/mol. The van der Waals surface area contributed by atoms with Crippen molar-refractivity contribution in [1.82, 2.24) is 15.0 Å². The van der Waals surface area contributed by atoms with Crippen molar-refractivity contribution in [3.63, 3.8) is 0 Å². The Hall–Kier alpha value is -3.36. The van der Waals surface area contributed by atoms with Crippen molar-refractivity contribution >= 4 is 59.8 Å². The third-order valence-corrected chi connectivity index (χ3v) is 6.31. The molecule has 4 heterocycles. The Balaban J connectivity index is 1.49. The number of benzene rings is 1. The average molecular weight is 403 g/mol. The summed E-state index contributed by atoms with van der Waals surface area (Å²) in [5.74, 6) is -0.279. The van der Waals surface area contributed by atoms with E-state index in [-0.39, 0.29) is 5.91 Å². The van der Waals surface area contributed by atoms with E-state index >= 15 is 0 Å². The summed E-state index contributed by atoms with van der Waals surface area (Å²) in [5, 5.41) is 4.16. The number of pyridine rings is 2. The molecule has 3 N–H and O–H groups in total. The molecule has 0 aliphatic carbocycles. The lowest BCUT2D eigenvalue weighted by atomic mass is 10.2. The van der Waals surface area contributed by atoms with Crippen molar-refractivity contribution in [3.8, 4) is 11.4 Å². The van der Waals surface area contributed by atoms with E-state index in [4.69, 9.17) is 5.73 Å². The summed E-state index contributed by atoms with van der Waals surface area (Å²) in [5.41, 5.74) is 9.04. The number of aromatic nitrogens is 3. The number of amides is 1. The van der Waals surface area contributed by atoms with Gasteiger partial charge in [-0.25, -0.2) is 9.97 Å². The van der Waals surface area contributed by atoms with Crippen molar-refractivity contribution in [2.45, 2.75) is 0 Å². The molecule has 0 aliphatic rings. The molecule has 0 saturated carbocycles. The Labute approximate surface area is 167 Å². The number of fused-ring (bicyclic) bond motifs is 2. The van der Waals surface area contributed by atoms with Gasteiger partial charge in [-0.15, -0.1) is 11.3 Å². The lowest BCUT2D eigenvalue weighted by Gasteiger charge is -2.00. The van der Waals surface area contributed by atoms with Crippen LogP contribution in [0, 0.1) is 0 Å². The summed E-state index contributed by atoms with van der Waals surface area (Å²) in [6.45, 7) is 0. The molecule has 4 aromatic heterocycles. The van der Waals surface area contributed by atoms with Gasteiger partial charge < -0.3 is 5.73 Å². The zero-order valence-electron chi connectivity index (χ0n) is 14.4. The van der Waals surface area contributed by atoms with Crippen LogP contribution < -0.4 is 11.1 Å². The van der Waals surface area contributed by atoms with E-state index in [2.05, 4.69) is 20.3 Å². The molecule has 1 aromatic carbocycles. The molecule has 0 aliphatic heterocycles. The molecule has 0 bridgehead atoms. The van der Waals surface area contributed by atoms with Crippen molar-refractivity contribution in [1.29, 1.82) is 0 Å². The minimum Gasteiger partial charge on any atom is -0.397 e. The first kappa shape index (κ1) is 16.8. The molecule has 8 heteroatoms. The predicted octanol–water partition coefficient (Wildman–Crippen LogP) is 4.80. The van der Waals surface area contributed by atoms with Crippen LogP contribution >= 0.6 is 22.7 Å². The van der Waals surface area contributed by atoms with Crippen LogP contribution in [0.1, 0.15) is 9.67 Å². The molecule has 0 fully saturated rings. The maximum Gasteiger partial charge on any atom is 0.269 e. The summed E-state index contributed by atoms with van der Waals surface area (Å²) in [4.78, 5) is 27.3. The van der Waals surface area contributed by atoms with Gasteiger partial charge in [-0.2, -0.15) is 0 Å². The zero-order chi connectivity index (χ0) is 19.1. The Morgan fingerprint density at radius 1 is 0.929 bits per heavy atom. The molecule has 0 saturated heterocycles. The Bertz CT molecular complexity index is 1290. The number of hydrogen-bond donors (Lipinski definition) is 2. The van der Waals surface area contributed by atoms with Gasteiger partial charge in [0.15, 0.2) is 5.13 Å². The van der Waals surface area contributed by atoms with Crippen molar-refractivity contribution in [2.24, 2.45) is 0 Å². The van der Waals surface area contributed by atoms with Gasteiger partial charge in [-0.3, -0.25) is 15.1 Å². The van der Waals surface area contributed by atoms with E-state index in [0.29, 0.717) is 20.5 Å². The number of carbonyl (C=O) groups is 1. The van der Waals surface area contributed by atoms with Crippen molar-refractivity contribution in [2.75, 3.05) is 11.1 Å². The Kier molecular flexibility index (Phi) is 4.00. The maximum atomic E-state index is 12.8. The second kappa shape index (κ2) is 6.66. The van der Waals surface area contributed by atoms with Crippen LogP contribution in [-0.4, -0.2) is 20.9 Å². The van der Waals surface area contributed by atoms with Gasteiger partial charge in [-0.1, -0.05) is 29.5 Å². The van der Waals surface area contributed by atoms with E-state index in [0.717, 1.165) is 27.0 Å². The number of nitrogens with two attached hydrogens (primary N) is 1. The van der Waals surface area contributed by atoms with Crippen LogP contribution in [0.3, 0.4) is 0 Å². The van der Waals surface area contributed by atoms with E-state index in [1.165, 1.54) is 22.7 Å². The normalized spacial score (nSPS) is 11.1. The van der Waals surface area contributed by atoms with Gasteiger partial charge in [0.25, 0.3) is 5.91 Å². The first-order valence-corrected chi connectivity index (χ1v) is 10.1. The first-order chi connectivity index (χ1) is 13.7. The second-order valence-corrected chi connectivity index (χ2v) is 8.08. The van der Waals surface area contributed by atoms with Crippen LogP contribution in [0.25, 0.3) is 31.8 Å². The quantitative estimate of drug-likeness (QED) is 0.451. The molecule has 6 nitrogen and oxygen atoms in total. The van der Waals surface area contributed by atoms with Crippen LogP contribution in [0.15, 0.2) is 60.8 Å². The van der Waals surface area contributed by atoms with Crippen LogP contribution in [0.4, 0.5) is 10.8 Å². The molecule has 0 spiro atoms. The molecular weight excluding hydrogens is 390 g/mol. The molecule has 136 valence electrons. The topological polar surface area (TPSA) is 93.8 Å². The third-order valence-electron chi connectivity index (χ3n) is 4.24. The SMILES string of the molecule is Nc1c(C(=O)Nc2nc3ccccc3s2)sc2nc(-c3ccccn3)ccc12. The zero-order valence-corrected chi connectivity index (χ0v) is 16.1. The number of thiazole rings is 1. The summed E-state index contributed by atoms with van der Waals surface area (Å²) in [6.07, 6.45) is 1.72. The first-order valence-electron chi connectivity index (χ1n) is 8.46. The Morgan fingerprint density at radius 3 is 2.61 bits per heavy atom. The minimum absolute atomic E-state index is 0.279. The molecule has 0 atom stereocenters. The van der Waals surface area contributed by atoms with Gasteiger partial charge >= 0.3 is 0 Å². The number of nitrogens with one attached hydrogen (secondary N) is 1. The van der Waals surface area contributed by atoms with Crippen molar-refractivity contribution in [3.05, 3.63) is 65.7 Å². The monoisotopic (exact) mass is 403 g/mol. The third kappa shape index (κ3) is 2.88. The fourth-order valence-corrected chi connectivity index (χ4v) is 4.75. The highest BCUT2D eigenvalue weighted by Gasteiger charge is 2.19. The Morgan fingerprint density at radius 2 is 1.79 bits per heavy atom. The van der Waals surface area contributed by atoms with Gasteiger partial charge in [0.05, 0.1) is 27.3 Å². The van der Waals surface area contributed by atoms with Crippen LogP contribution in [0.2, 0.25) is 0 Å². The fourth-order valence-electron chi connectivity index (χ4n) is 2.90. The van der Waals surface area contributed by atoms with E-state index in [1.54, 1.807) is 6.20 Å². The summed E-state index contributed by atoms with van der Waals surface area (Å²) < 4.78 is 1.02. The standard InChI is InChI=1S/C20H13N5OS2/c21-16-11-8-9-13(12-5-3-4-10-22-12)23-19(11)28-17(16)18(26)25-20-24-14-6-1-2-7-15(14)27-20/h1-10H,21H2,(H,24,25,26). The van der Waals surface area contributed by atoms with Gasteiger partial charge in [0.2, 0.25) is 0 Å². The molecular formula is C20H13N5OS2. The highest BCUT2D eigenvalue weighted by atomic mass is 32.1. The summed E-state index contributed by atoms with van der Waals surface area (Å²) in [7, 11) is 0. The van der Waals surface area contributed by atoms with E-state index in [9.17, 15) is 4.79 Å². The minimum atomic E-state index is -0.279. The molecule has 0 radical (unpaired) electrons. The fraction of sp³-hybridized carbons (Fsp3) is 0. The highest BCUT2D eigenvalue weighted by Crippen LogP contribution is 2.35. The van der Waals surface area contributed by atoms with Crippen molar-refractivity contribution < 1.29 is 4.79 Å². The molecule has 0 unspecified atom stereocenters. The van der Waals surface area contributed by atoms with Gasteiger partial charge in [0, 0.05) is 11.6 Å². The highest BCUT2D eigenvalue weighted by molar-refractivity contribution is 7.23. The second-order valence-electron chi connectivity index (χ2n) is 6.05.